The molecule has 0 atom stereocenters. The second-order valence-corrected chi connectivity index (χ2v) is 7.34. The zero-order valence-electron chi connectivity index (χ0n) is 12.7. The number of nitro groups is 1. The highest BCUT2D eigenvalue weighted by atomic mass is 32.2. The van der Waals surface area contributed by atoms with Crippen molar-refractivity contribution in [3.05, 3.63) is 33.9 Å². The summed E-state index contributed by atoms with van der Waals surface area (Å²) in [4.78, 5) is 10.8. The second-order valence-electron chi connectivity index (χ2n) is 5.43. The van der Waals surface area contributed by atoms with Gasteiger partial charge in [-0.1, -0.05) is 0 Å². The number of hydrogen-bond acceptors (Lipinski definition) is 5. The summed E-state index contributed by atoms with van der Waals surface area (Å²) in [5.74, 6) is 0. The number of nitrogens with zero attached hydrogens (tertiary/aromatic N) is 3. The Morgan fingerprint density at radius 3 is 2.46 bits per heavy atom. The molecule has 1 aromatic rings. The predicted octanol–water partition coefficient (Wildman–Crippen LogP) is 1.74. The lowest BCUT2D eigenvalue weighted by atomic mass is 10.2. The average Bonchev–Trinajstić information content (AvgIpc) is 2.71. The largest absolute Gasteiger partial charge is 0.417 e. The molecule has 7 nitrogen and oxygen atoms in total. The Kier molecular flexibility index (Phi) is 5.16. The normalized spacial score (nSPS) is 18.3. The number of nitro benzene ring substituents is 1. The van der Waals surface area contributed by atoms with Crippen LogP contribution in [0.2, 0.25) is 0 Å². The number of alkyl halides is 3. The van der Waals surface area contributed by atoms with E-state index in [0.29, 0.717) is 25.6 Å². The number of hydrogen-bond donors (Lipinski definition) is 0. The van der Waals surface area contributed by atoms with Crippen LogP contribution in [0.1, 0.15) is 12.0 Å². The van der Waals surface area contributed by atoms with Gasteiger partial charge in [0.15, 0.2) is 0 Å². The van der Waals surface area contributed by atoms with Gasteiger partial charge in [-0.05, 0) is 20.0 Å². The fourth-order valence-electron chi connectivity index (χ4n) is 2.33. The predicted molar refractivity (Wildman–Crippen MR) is 77.8 cm³/mol. The zero-order chi connectivity index (χ0) is 18.1. The quantitative estimate of drug-likeness (QED) is 0.601. The van der Waals surface area contributed by atoms with Gasteiger partial charge in [0, 0.05) is 37.8 Å². The zero-order valence-corrected chi connectivity index (χ0v) is 13.5. The van der Waals surface area contributed by atoms with Crippen molar-refractivity contribution < 1.29 is 26.5 Å². The van der Waals surface area contributed by atoms with E-state index in [0.717, 1.165) is 4.31 Å². The topological polar surface area (TPSA) is 83.8 Å². The van der Waals surface area contributed by atoms with Crippen LogP contribution in [-0.2, 0) is 16.2 Å². The molecule has 0 bridgehead atoms. The van der Waals surface area contributed by atoms with Crippen LogP contribution in [0.4, 0.5) is 18.9 Å². The molecule has 0 spiro atoms. The van der Waals surface area contributed by atoms with E-state index in [1.54, 1.807) is 13.1 Å². The summed E-state index contributed by atoms with van der Waals surface area (Å²) in [6, 6.07) is 2.66. The Morgan fingerprint density at radius 2 is 1.88 bits per heavy atom. The molecule has 1 aliphatic heterocycles. The van der Waals surface area contributed by atoms with Crippen LogP contribution in [-0.4, -0.2) is 55.8 Å². The summed E-state index contributed by atoms with van der Waals surface area (Å²) in [5, 5.41) is 10.8. The molecule has 133 valence electrons. The molecule has 1 heterocycles. The molecule has 1 aromatic carbocycles. The molecule has 0 aromatic heterocycles. The SMILES string of the molecule is CN1CCCN(S(=O)(=O)c2[c]c(C(F)(F)F)cc([N+](=O)[O-])c2)CC1. The van der Waals surface area contributed by atoms with Crippen LogP contribution >= 0.6 is 0 Å². The summed E-state index contributed by atoms with van der Waals surface area (Å²) in [5.41, 5.74) is -2.42. The first-order chi connectivity index (χ1) is 11.0. The van der Waals surface area contributed by atoms with Crippen molar-refractivity contribution in [2.75, 3.05) is 33.2 Å². The molecular formula is C13H15F3N3O4S. The number of rotatable bonds is 3. The van der Waals surface area contributed by atoms with E-state index >= 15 is 0 Å². The van der Waals surface area contributed by atoms with Crippen LogP contribution in [0.15, 0.2) is 17.0 Å². The van der Waals surface area contributed by atoms with Gasteiger partial charge in [0.25, 0.3) is 5.69 Å². The summed E-state index contributed by atoms with van der Waals surface area (Å²) in [7, 11) is -2.50. The van der Waals surface area contributed by atoms with Crippen LogP contribution in [0, 0.1) is 16.2 Å². The maximum absolute atomic E-state index is 12.9. The molecule has 1 fully saturated rings. The van der Waals surface area contributed by atoms with E-state index in [1.165, 1.54) is 0 Å². The molecular weight excluding hydrogens is 351 g/mol. The van der Waals surface area contributed by atoms with Gasteiger partial charge in [0.2, 0.25) is 10.0 Å². The smallest absolute Gasteiger partial charge is 0.305 e. The van der Waals surface area contributed by atoms with E-state index < -0.39 is 37.3 Å². The Labute approximate surface area is 136 Å². The van der Waals surface area contributed by atoms with Gasteiger partial charge in [-0.3, -0.25) is 10.1 Å². The van der Waals surface area contributed by atoms with E-state index in [1.807, 2.05) is 4.90 Å². The monoisotopic (exact) mass is 366 g/mol. The van der Waals surface area contributed by atoms with Crippen molar-refractivity contribution in [2.45, 2.75) is 17.5 Å². The van der Waals surface area contributed by atoms with Crippen LogP contribution in [0.5, 0.6) is 0 Å². The third-order valence-electron chi connectivity index (χ3n) is 3.64. The highest BCUT2D eigenvalue weighted by Gasteiger charge is 2.36. The average molecular weight is 366 g/mol. The summed E-state index contributed by atoms with van der Waals surface area (Å²) < 4.78 is 64.9. The number of halogens is 3. The first-order valence-corrected chi connectivity index (χ1v) is 8.43. The van der Waals surface area contributed by atoms with Gasteiger partial charge in [-0.2, -0.15) is 17.5 Å². The van der Waals surface area contributed by atoms with Gasteiger partial charge in [0.1, 0.15) is 0 Å². The van der Waals surface area contributed by atoms with Crippen LogP contribution in [0.25, 0.3) is 0 Å². The minimum absolute atomic E-state index is 0.0940. The fraction of sp³-hybridized carbons (Fsp3) is 0.538. The Bertz CT molecular complexity index is 736. The van der Waals surface area contributed by atoms with Crippen molar-refractivity contribution in [2.24, 2.45) is 0 Å². The standard InChI is InChI=1S/C13H15F3N3O4S/c1-17-3-2-4-18(6-5-17)24(22,23)12-8-10(13(14,15)16)7-11(9-12)19(20)21/h7,9H,2-6H2,1H3. The first kappa shape index (κ1) is 18.6. The van der Waals surface area contributed by atoms with Crippen molar-refractivity contribution >= 4 is 15.7 Å². The molecule has 0 amide bonds. The molecule has 0 aliphatic carbocycles. The number of likely N-dealkylation sites (N-methyl/N-ethyl adjacent to an activating group) is 1. The van der Waals surface area contributed by atoms with Crippen molar-refractivity contribution in [3.63, 3.8) is 0 Å². The van der Waals surface area contributed by atoms with Gasteiger partial charge in [0.05, 0.1) is 15.4 Å². The molecule has 11 heteroatoms. The molecule has 1 radical (unpaired) electrons. The summed E-state index contributed by atoms with van der Waals surface area (Å²) in [6.07, 6.45) is -4.42. The minimum atomic E-state index is -4.94. The highest BCUT2D eigenvalue weighted by molar-refractivity contribution is 7.89. The second kappa shape index (κ2) is 6.65. The molecule has 0 unspecified atom stereocenters. The third kappa shape index (κ3) is 4.02. The maximum atomic E-state index is 12.9. The van der Waals surface area contributed by atoms with Crippen LogP contribution < -0.4 is 0 Å². The lowest BCUT2D eigenvalue weighted by Gasteiger charge is -2.20. The third-order valence-corrected chi connectivity index (χ3v) is 5.46. The minimum Gasteiger partial charge on any atom is -0.305 e. The molecule has 0 saturated carbocycles. The fourth-order valence-corrected chi connectivity index (χ4v) is 3.81. The Morgan fingerprint density at radius 1 is 1.21 bits per heavy atom. The van der Waals surface area contributed by atoms with Crippen molar-refractivity contribution in [1.29, 1.82) is 0 Å². The number of benzene rings is 1. The van der Waals surface area contributed by atoms with Crippen molar-refractivity contribution in [3.8, 4) is 0 Å². The molecule has 24 heavy (non-hydrogen) atoms. The molecule has 1 aliphatic rings. The highest BCUT2D eigenvalue weighted by Crippen LogP contribution is 2.34. The Hall–Kier alpha value is -1.72. The van der Waals surface area contributed by atoms with E-state index in [2.05, 4.69) is 0 Å². The van der Waals surface area contributed by atoms with E-state index in [-0.39, 0.29) is 19.2 Å². The summed E-state index contributed by atoms with van der Waals surface area (Å²) >= 11 is 0. The Balaban J connectivity index is 2.49. The summed E-state index contributed by atoms with van der Waals surface area (Å²) in [6.45, 7) is 1.29. The molecule has 2 rings (SSSR count). The number of non-ortho nitro benzene ring substituents is 1. The van der Waals surface area contributed by atoms with Gasteiger partial charge >= 0.3 is 6.18 Å². The van der Waals surface area contributed by atoms with E-state index in [9.17, 15) is 31.7 Å². The molecule has 0 N–H and O–H groups in total. The molecule has 1 saturated heterocycles. The van der Waals surface area contributed by atoms with Gasteiger partial charge in [-0.25, -0.2) is 8.42 Å². The lowest BCUT2D eigenvalue weighted by Crippen LogP contribution is -2.34. The lowest BCUT2D eigenvalue weighted by molar-refractivity contribution is -0.385. The first-order valence-electron chi connectivity index (χ1n) is 6.99. The van der Waals surface area contributed by atoms with E-state index in [4.69, 9.17) is 0 Å². The van der Waals surface area contributed by atoms with Crippen molar-refractivity contribution in [1.82, 2.24) is 9.21 Å². The number of sulfonamides is 1. The maximum Gasteiger partial charge on any atom is 0.417 e. The van der Waals surface area contributed by atoms with Crippen LogP contribution in [0.3, 0.4) is 0 Å². The van der Waals surface area contributed by atoms with Gasteiger partial charge < -0.3 is 4.90 Å². The van der Waals surface area contributed by atoms with Gasteiger partial charge in [-0.15, -0.1) is 0 Å².